The highest BCUT2D eigenvalue weighted by Gasteiger charge is 2.06. The Morgan fingerprint density at radius 3 is 2.76 bits per heavy atom. The van der Waals surface area contributed by atoms with Crippen LogP contribution in [0.1, 0.15) is 16.8 Å². The molecule has 0 radical (unpaired) electrons. The van der Waals surface area contributed by atoms with E-state index in [1.54, 1.807) is 16.8 Å². The van der Waals surface area contributed by atoms with Crippen LogP contribution in [0.5, 0.6) is 0 Å². The highest BCUT2D eigenvalue weighted by atomic mass is 32.2. The van der Waals surface area contributed by atoms with E-state index >= 15 is 0 Å². The fourth-order valence-electron chi connectivity index (χ4n) is 1.74. The first-order chi connectivity index (χ1) is 10.2. The number of nitrogens with zero attached hydrogens (tertiary/aromatic N) is 3. The van der Waals surface area contributed by atoms with Gasteiger partial charge in [0.15, 0.2) is 5.16 Å². The second-order valence-electron chi connectivity index (χ2n) is 4.30. The minimum absolute atomic E-state index is 0.0371. The zero-order valence-electron chi connectivity index (χ0n) is 11.7. The third-order valence-electron chi connectivity index (χ3n) is 2.83. The van der Waals surface area contributed by atoms with E-state index in [2.05, 4.69) is 15.3 Å². The van der Waals surface area contributed by atoms with Crippen molar-refractivity contribution in [1.29, 1.82) is 0 Å². The molecule has 0 aliphatic carbocycles. The average Bonchev–Trinajstić information content (AvgIpc) is 2.53. The Balaban J connectivity index is 1.79. The van der Waals surface area contributed by atoms with E-state index < -0.39 is 0 Å². The van der Waals surface area contributed by atoms with Crippen LogP contribution in [0.15, 0.2) is 46.7 Å². The maximum atomic E-state index is 11.9. The van der Waals surface area contributed by atoms with Gasteiger partial charge in [-0.1, -0.05) is 17.8 Å². The summed E-state index contributed by atoms with van der Waals surface area (Å²) in [6, 6.07) is 5.03. The number of aromatic nitrogens is 3. The van der Waals surface area contributed by atoms with E-state index in [1.165, 1.54) is 30.2 Å². The minimum Gasteiger partial charge on any atom is -0.352 e. The predicted octanol–water partition coefficient (Wildman–Crippen LogP) is 1.18. The second kappa shape index (κ2) is 7.58. The summed E-state index contributed by atoms with van der Waals surface area (Å²) in [6.45, 7) is 1.06. The largest absolute Gasteiger partial charge is 0.352 e. The molecule has 2 aromatic heterocycles. The normalized spacial score (nSPS) is 10.3. The number of rotatable bonds is 6. The predicted molar refractivity (Wildman–Crippen MR) is 81.5 cm³/mol. The molecule has 0 saturated carbocycles. The van der Waals surface area contributed by atoms with Gasteiger partial charge in [0.1, 0.15) is 0 Å². The van der Waals surface area contributed by atoms with Crippen molar-refractivity contribution in [3.63, 3.8) is 0 Å². The monoisotopic (exact) mass is 304 g/mol. The van der Waals surface area contributed by atoms with Crippen molar-refractivity contribution < 1.29 is 4.79 Å². The Bertz CT molecular complexity index is 655. The first-order valence-electron chi connectivity index (χ1n) is 6.50. The molecule has 0 atom stereocenters. The summed E-state index contributed by atoms with van der Waals surface area (Å²) in [4.78, 5) is 31.4. The van der Waals surface area contributed by atoms with Crippen molar-refractivity contribution in [2.24, 2.45) is 0 Å². The molecule has 2 rings (SSSR count). The van der Waals surface area contributed by atoms with Crippen LogP contribution in [0.2, 0.25) is 0 Å². The molecule has 0 fully saturated rings. The van der Waals surface area contributed by atoms with E-state index in [0.717, 1.165) is 0 Å². The fourth-order valence-corrected chi connectivity index (χ4v) is 2.05. The molecule has 2 aromatic rings. The Morgan fingerprint density at radius 2 is 2.10 bits per heavy atom. The number of amides is 1. The molecule has 1 amide bonds. The molecule has 21 heavy (non-hydrogen) atoms. The van der Waals surface area contributed by atoms with Gasteiger partial charge >= 0.3 is 0 Å². The van der Waals surface area contributed by atoms with E-state index in [1.807, 2.05) is 12.3 Å². The Morgan fingerprint density at radius 1 is 1.33 bits per heavy atom. The molecule has 0 saturated heterocycles. The molecule has 6 nitrogen and oxygen atoms in total. The first kappa shape index (κ1) is 15.2. The number of thioether (sulfide) groups is 1. The molecule has 0 spiro atoms. The maximum Gasteiger partial charge on any atom is 0.254 e. The highest BCUT2D eigenvalue weighted by molar-refractivity contribution is 7.98. The van der Waals surface area contributed by atoms with Crippen LogP contribution in [0.4, 0.5) is 0 Å². The minimum atomic E-state index is -0.205. The molecule has 0 unspecified atom stereocenters. The summed E-state index contributed by atoms with van der Waals surface area (Å²) in [5.41, 5.74) is 0.398. The van der Waals surface area contributed by atoms with Gasteiger partial charge in [-0.05, 0) is 18.7 Å². The van der Waals surface area contributed by atoms with Crippen LogP contribution < -0.4 is 10.9 Å². The number of hydrogen-bond donors (Lipinski definition) is 1. The maximum absolute atomic E-state index is 11.9. The molecule has 0 aliphatic heterocycles. The van der Waals surface area contributed by atoms with Crippen LogP contribution in [0.3, 0.4) is 0 Å². The summed E-state index contributed by atoms with van der Waals surface area (Å²) in [5, 5.41) is 3.42. The van der Waals surface area contributed by atoms with Crippen LogP contribution in [0, 0.1) is 0 Å². The summed E-state index contributed by atoms with van der Waals surface area (Å²) in [7, 11) is 0. The van der Waals surface area contributed by atoms with Crippen LogP contribution in [-0.2, 0) is 6.54 Å². The van der Waals surface area contributed by atoms with Gasteiger partial charge in [-0.25, -0.2) is 9.97 Å². The number of pyridine rings is 1. The lowest BCUT2D eigenvalue weighted by molar-refractivity contribution is 0.0951. The lowest BCUT2D eigenvalue weighted by Gasteiger charge is -2.06. The third-order valence-corrected chi connectivity index (χ3v) is 3.41. The van der Waals surface area contributed by atoms with Crippen LogP contribution >= 0.6 is 11.8 Å². The second-order valence-corrected chi connectivity index (χ2v) is 5.07. The zero-order chi connectivity index (χ0) is 15.1. The lowest BCUT2D eigenvalue weighted by Crippen LogP contribution is -2.27. The Kier molecular flexibility index (Phi) is 5.51. The zero-order valence-corrected chi connectivity index (χ0v) is 12.5. The molecule has 0 aromatic carbocycles. The van der Waals surface area contributed by atoms with Gasteiger partial charge in [0, 0.05) is 37.7 Å². The molecule has 2 heterocycles. The molecule has 110 valence electrons. The van der Waals surface area contributed by atoms with Crippen molar-refractivity contribution in [2.75, 3.05) is 12.8 Å². The lowest BCUT2D eigenvalue weighted by atomic mass is 10.3. The van der Waals surface area contributed by atoms with Crippen molar-refractivity contribution >= 4 is 17.7 Å². The average molecular weight is 304 g/mol. The molecular formula is C14H16N4O2S. The highest BCUT2D eigenvalue weighted by Crippen LogP contribution is 2.06. The smallest absolute Gasteiger partial charge is 0.254 e. The van der Waals surface area contributed by atoms with Gasteiger partial charge in [0.05, 0.1) is 5.56 Å². The summed E-state index contributed by atoms with van der Waals surface area (Å²) >= 11 is 1.42. The molecular weight excluding hydrogens is 288 g/mol. The third kappa shape index (κ3) is 4.42. The topological polar surface area (TPSA) is 76.9 Å². The van der Waals surface area contributed by atoms with Crippen LogP contribution in [0.25, 0.3) is 0 Å². The Labute approximate surface area is 126 Å². The molecule has 0 bridgehead atoms. The van der Waals surface area contributed by atoms with E-state index in [4.69, 9.17) is 0 Å². The van der Waals surface area contributed by atoms with E-state index in [-0.39, 0.29) is 11.5 Å². The van der Waals surface area contributed by atoms with E-state index in [0.29, 0.717) is 30.2 Å². The van der Waals surface area contributed by atoms with Gasteiger partial charge in [0.25, 0.3) is 5.91 Å². The number of nitrogens with one attached hydrogen (secondary N) is 1. The molecule has 1 N–H and O–H groups in total. The number of hydrogen-bond acceptors (Lipinski definition) is 5. The van der Waals surface area contributed by atoms with Gasteiger partial charge in [0.2, 0.25) is 5.56 Å². The van der Waals surface area contributed by atoms with Crippen molar-refractivity contribution in [1.82, 2.24) is 19.9 Å². The number of carbonyl (C=O) groups is 1. The summed E-state index contributed by atoms with van der Waals surface area (Å²) < 4.78 is 1.61. The summed E-state index contributed by atoms with van der Waals surface area (Å²) in [6.07, 6.45) is 7.31. The molecule has 0 aliphatic rings. The molecule has 7 heteroatoms. The van der Waals surface area contributed by atoms with Crippen molar-refractivity contribution in [3.8, 4) is 0 Å². The van der Waals surface area contributed by atoms with E-state index in [9.17, 15) is 9.59 Å². The SMILES string of the molecule is CSc1ncc(C(=O)NCCCn2ccccc2=O)cn1. The standard InChI is InChI=1S/C14H16N4O2S/c1-21-14-16-9-11(10-17-14)13(20)15-6-4-8-18-7-3-2-5-12(18)19/h2-3,5,7,9-10H,4,6,8H2,1H3,(H,15,20). The number of carbonyl (C=O) groups excluding carboxylic acids is 1. The van der Waals surface area contributed by atoms with Gasteiger partial charge in [-0.2, -0.15) is 0 Å². The first-order valence-corrected chi connectivity index (χ1v) is 7.73. The fraction of sp³-hybridized carbons (Fsp3) is 0.286. The van der Waals surface area contributed by atoms with Crippen molar-refractivity contribution in [2.45, 2.75) is 18.1 Å². The Hall–Kier alpha value is -2.15. The summed E-state index contributed by atoms with van der Waals surface area (Å²) in [5.74, 6) is -0.205. The number of aryl methyl sites for hydroxylation is 1. The van der Waals surface area contributed by atoms with Crippen LogP contribution in [-0.4, -0.2) is 33.2 Å². The van der Waals surface area contributed by atoms with Gasteiger partial charge in [-0.15, -0.1) is 0 Å². The van der Waals surface area contributed by atoms with Gasteiger partial charge < -0.3 is 9.88 Å². The van der Waals surface area contributed by atoms with Gasteiger partial charge in [-0.3, -0.25) is 9.59 Å². The quantitative estimate of drug-likeness (QED) is 0.493. The van der Waals surface area contributed by atoms with Crippen molar-refractivity contribution in [3.05, 3.63) is 52.7 Å².